The third-order valence-electron chi connectivity index (χ3n) is 4.01. The van der Waals surface area contributed by atoms with Gasteiger partial charge in [-0.05, 0) is 37.5 Å². The predicted molar refractivity (Wildman–Crippen MR) is 87.5 cm³/mol. The van der Waals surface area contributed by atoms with Gasteiger partial charge in [-0.3, -0.25) is 14.6 Å². The van der Waals surface area contributed by atoms with E-state index in [0.29, 0.717) is 25.5 Å². The van der Waals surface area contributed by atoms with Gasteiger partial charge < -0.3 is 14.6 Å². The van der Waals surface area contributed by atoms with Gasteiger partial charge in [0, 0.05) is 38.3 Å². The minimum absolute atomic E-state index is 0.00766. The van der Waals surface area contributed by atoms with Gasteiger partial charge in [0.2, 0.25) is 0 Å². The van der Waals surface area contributed by atoms with Crippen LogP contribution in [0.4, 0.5) is 0 Å². The summed E-state index contributed by atoms with van der Waals surface area (Å²) in [5, 5.41) is 0. The van der Waals surface area contributed by atoms with Crippen LogP contribution in [0.25, 0.3) is 0 Å². The molecule has 7 nitrogen and oxygen atoms in total. The van der Waals surface area contributed by atoms with E-state index in [1.807, 2.05) is 12.1 Å². The van der Waals surface area contributed by atoms with Crippen molar-refractivity contribution in [2.75, 3.05) is 13.2 Å². The average molecular weight is 328 g/mol. The summed E-state index contributed by atoms with van der Waals surface area (Å²) in [6, 6.07) is 3.71. The van der Waals surface area contributed by atoms with Gasteiger partial charge in [0.1, 0.15) is 11.4 Å². The molecule has 0 unspecified atom stereocenters. The smallest absolute Gasteiger partial charge is 0.263 e. The molecule has 0 spiro atoms. The summed E-state index contributed by atoms with van der Waals surface area (Å²) in [7, 11) is 0. The Morgan fingerprint density at radius 3 is 2.88 bits per heavy atom. The van der Waals surface area contributed by atoms with E-state index in [1.165, 1.54) is 6.20 Å². The van der Waals surface area contributed by atoms with Gasteiger partial charge in [0.15, 0.2) is 0 Å². The maximum absolute atomic E-state index is 12.9. The molecule has 1 atom stereocenters. The fourth-order valence-electron chi connectivity index (χ4n) is 2.77. The molecule has 7 heteroatoms. The molecule has 2 aromatic rings. The molecule has 0 aromatic carbocycles. The number of carbonyl (C=O) groups excluding carboxylic acids is 1. The van der Waals surface area contributed by atoms with Crippen LogP contribution >= 0.6 is 0 Å². The third-order valence-corrected chi connectivity index (χ3v) is 4.01. The van der Waals surface area contributed by atoms with Gasteiger partial charge in [-0.2, -0.15) is 0 Å². The van der Waals surface area contributed by atoms with Crippen LogP contribution in [0, 0.1) is 6.92 Å². The summed E-state index contributed by atoms with van der Waals surface area (Å²) < 4.78 is 5.65. The summed E-state index contributed by atoms with van der Waals surface area (Å²) in [6.45, 7) is 3.24. The van der Waals surface area contributed by atoms with Crippen molar-refractivity contribution in [1.29, 1.82) is 0 Å². The zero-order valence-electron chi connectivity index (χ0n) is 13.6. The second-order valence-corrected chi connectivity index (χ2v) is 5.89. The van der Waals surface area contributed by atoms with Gasteiger partial charge in [-0.15, -0.1) is 0 Å². The molecule has 1 fully saturated rings. The molecule has 2 aromatic heterocycles. The normalized spacial score (nSPS) is 17.0. The summed E-state index contributed by atoms with van der Waals surface area (Å²) in [5.41, 5.74) is 0.583. The summed E-state index contributed by atoms with van der Waals surface area (Å²) in [6.07, 6.45) is 6.63. The van der Waals surface area contributed by atoms with Crippen molar-refractivity contribution < 1.29 is 9.53 Å². The Bertz CT molecular complexity index is 754. The lowest BCUT2D eigenvalue weighted by atomic mass is 10.1. The van der Waals surface area contributed by atoms with Crippen LogP contribution in [-0.2, 0) is 11.3 Å². The van der Waals surface area contributed by atoms with Crippen LogP contribution in [0.5, 0.6) is 0 Å². The van der Waals surface area contributed by atoms with Gasteiger partial charge in [0.25, 0.3) is 11.5 Å². The minimum atomic E-state index is -0.417. The maximum Gasteiger partial charge on any atom is 0.263 e. The number of carbonyl (C=O) groups is 1. The summed E-state index contributed by atoms with van der Waals surface area (Å²) >= 11 is 0. The highest BCUT2D eigenvalue weighted by atomic mass is 16.5. The number of nitrogens with zero attached hydrogens (tertiary/aromatic N) is 3. The fraction of sp³-hybridized carbons (Fsp3) is 0.412. The molecule has 3 rings (SSSR count). The zero-order chi connectivity index (χ0) is 16.9. The van der Waals surface area contributed by atoms with Crippen LogP contribution in [0.15, 0.2) is 35.5 Å². The molecular weight excluding hydrogens is 308 g/mol. The molecule has 3 heterocycles. The highest BCUT2D eigenvalue weighted by molar-refractivity contribution is 5.93. The molecule has 0 radical (unpaired) electrons. The number of rotatable bonds is 5. The van der Waals surface area contributed by atoms with Crippen molar-refractivity contribution in [3.63, 3.8) is 0 Å². The van der Waals surface area contributed by atoms with Crippen molar-refractivity contribution >= 4 is 5.91 Å². The first kappa shape index (κ1) is 16.3. The minimum Gasteiger partial charge on any atom is -0.376 e. The lowest BCUT2D eigenvalue weighted by molar-refractivity contribution is 0.0505. The second kappa shape index (κ2) is 7.35. The summed E-state index contributed by atoms with van der Waals surface area (Å²) in [5.74, 6) is 0.146. The largest absolute Gasteiger partial charge is 0.376 e. The van der Waals surface area contributed by atoms with Gasteiger partial charge in [0.05, 0.1) is 6.10 Å². The molecule has 1 N–H and O–H groups in total. The number of aromatic amines is 1. The third kappa shape index (κ3) is 3.86. The van der Waals surface area contributed by atoms with E-state index < -0.39 is 5.56 Å². The van der Waals surface area contributed by atoms with E-state index in [0.717, 1.165) is 18.4 Å². The number of pyridine rings is 1. The second-order valence-electron chi connectivity index (χ2n) is 5.89. The molecule has 1 amide bonds. The Labute approximate surface area is 139 Å². The highest BCUT2D eigenvalue weighted by Gasteiger charge is 2.25. The van der Waals surface area contributed by atoms with Gasteiger partial charge >= 0.3 is 0 Å². The molecule has 126 valence electrons. The van der Waals surface area contributed by atoms with Crippen LogP contribution in [0.1, 0.15) is 34.6 Å². The SMILES string of the molecule is Cc1ncc(C(=O)N(Cc2ccncc2)C[C@@H]2CCCO2)c(=O)[nH]1. The van der Waals surface area contributed by atoms with E-state index in [4.69, 9.17) is 4.74 Å². The Kier molecular flexibility index (Phi) is 5.00. The molecule has 0 bridgehead atoms. The van der Waals surface area contributed by atoms with Gasteiger partial charge in [-0.25, -0.2) is 4.98 Å². The lowest BCUT2D eigenvalue weighted by Crippen LogP contribution is -2.39. The first-order valence-corrected chi connectivity index (χ1v) is 7.99. The van der Waals surface area contributed by atoms with Crippen LogP contribution in [0.3, 0.4) is 0 Å². The van der Waals surface area contributed by atoms with Crippen molar-refractivity contribution in [1.82, 2.24) is 19.9 Å². The molecule has 0 saturated carbocycles. The Morgan fingerprint density at radius 2 is 2.21 bits per heavy atom. The van der Waals surface area contributed by atoms with E-state index in [-0.39, 0.29) is 17.6 Å². The van der Waals surface area contributed by atoms with E-state index in [2.05, 4.69) is 15.0 Å². The van der Waals surface area contributed by atoms with Crippen LogP contribution < -0.4 is 5.56 Å². The number of hydrogen-bond acceptors (Lipinski definition) is 5. The summed E-state index contributed by atoms with van der Waals surface area (Å²) in [4.78, 5) is 37.2. The first-order valence-electron chi connectivity index (χ1n) is 7.99. The van der Waals surface area contributed by atoms with E-state index >= 15 is 0 Å². The van der Waals surface area contributed by atoms with Crippen LogP contribution in [0.2, 0.25) is 0 Å². The maximum atomic E-state index is 12.9. The number of ether oxygens (including phenoxy) is 1. The van der Waals surface area contributed by atoms with E-state index in [9.17, 15) is 9.59 Å². The lowest BCUT2D eigenvalue weighted by Gasteiger charge is -2.25. The zero-order valence-corrected chi connectivity index (χ0v) is 13.6. The quantitative estimate of drug-likeness (QED) is 0.893. The number of aromatic nitrogens is 3. The Morgan fingerprint density at radius 1 is 1.42 bits per heavy atom. The molecule has 1 aliphatic heterocycles. The fourth-order valence-corrected chi connectivity index (χ4v) is 2.77. The molecule has 0 aliphatic carbocycles. The Balaban J connectivity index is 1.84. The molecular formula is C17H20N4O3. The molecule has 1 aliphatic rings. The standard InChI is InChI=1S/C17H20N4O3/c1-12-19-9-15(16(22)20-12)17(23)21(11-14-3-2-8-24-14)10-13-4-6-18-7-5-13/h4-7,9,14H,2-3,8,10-11H2,1H3,(H,19,20,22)/t14-/m0/s1. The number of nitrogens with one attached hydrogen (secondary N) is 1. The first-order chi connectivity index (χ1) is 11.6. The van der Waals surface area contributed by atoms with Crippen molar-refractivity contribution in [2.45, 2.75) is 32.4 Å². The average Bonchev–Trinajstić information content (AvgIpc) is 3.08. The monoisotopic (exact) mass is 328 g/mol. The van der Waals surface area contributed by atoms with Crippen molar-refractivity contribution in [3.05, 3.63) is 58.0 Å². The highest BCUT2D eigenvalue weighted by Crippen LogP contribution is 2.16. The topological polar surface area (TPSA) is 88.2 Å². The molecule has 1 saturated heterocycles. The number of amides is 1. The predicted octanol–water partition coefficient (Wildman–Crippen LogP) is 1.29. The number of hydrogen-bond donors (Lipinski definition) is 1. The number of aryl methyl sites for hydroxylation is 1. The van der Waals surface area contributed by atoms with Crippen molar-refractivity contribution in [2.24, 2.45) is 0 Å². The molecule has 24 heavy (non-hydrogen) atoms. The Hall–Kier alpha value is -2.54. The van der Waals surface area contributed by atoms with Gasteiger partial charge in [-0.1, -0.05) is 0 Å². The van der Waals surface area contributed by atoms with E-state index in [1.54, 1.807) is 24.2 Å². The van der Waals surface area contributed by atoms with Crippen molar-refractivity contribution in [3.8, 4) is 0 Å². The van der Waals surface area contributed by atoms with Crippen LogP contribution in [-0.4, -0.2) is 45.0 Å². The number of H-pyrrole nitrogens is 1.